The third kappa shape index (κ3) is 2.17. The summed E-state index contributed by atoms with van der Waals surface area (Å²) in [5.41, 5.74) is 0.355. The van der Waals surface area contributed by atoms with Gasteiger partial charge in [0.05, 0.1) is 12.1 Å². The van der Waals surface area contributed by atoms with Crippen LogP contribution < -0.4 is 5.32 Å². The SMILES string of the molecule is CCOC1CC(NC(C)c2nn[nH]n2)C12CCCC2. The summed E-state index contributed by atoms with van der Waals surface area (Å²) in [6.07, 6.45) is 6.78. The zero-order valence-electron chi connectivity index (χ0n) is 11.7. The highest BCUT2D eigenvalue weighted by atomic mass is 16.5. The van der Waals surface area contributed by atoms with E-state index in [1.807, 2.05) is 0 Å². The van der Waals surface area contributed by atoms with Crippen molar-refractivity contribution < 1.29 is 4.74 Å². The van der Waals surface area contributed by atoms with Gasteiger partial charge in [0.25, 0.3) is 0 Å². The third-order valence-corrected chi connectivity index (χ3v) is 4.89. The van der Waals surface area contributed by atoms with Crippen LogP contribution in [0.5, 0.6) is 0 Å². The molecule has 3 atom stereocenters. The van der Waals surface area contributed by atoms with Crippen LogP contribution in [0.2, 0.25) is 0 Å². The lowest BCUT2D eigenvalue weighted by molar-refractivity contribution is -0.132. The van der Waals surface area contributed by atoms with Crippen LogP contribution in [0.25, 0.3) is 0 Å². The first kappa shape index (κ1) is 13.0. The Bertz CT molecular complexity index is 401. The van der Waals surface area contributed by atoms with Gasteiger partial charge >= 0.3 is 0 Å². The van der Waals surface area contributed by atoms with E-state index >= 15 is 0 Å². The molecule has 2 N–H and O–H groups in total. The molecule has 106 valence electrons. The fraction of sp³-hybridized carbons (Fsp3) is 0.923. The van der Waals surface area contributed by atoms with Gasteiger partial charge < -0.3 is 10.1 Å². The molecule has 1 aromatic rings. The number of H-pyrrole nitrogens is 1. The zero-order valence-corrected chi connectivity index (χ0v) is 11.7. The maximum Gasteiger partial charge on any atom is 0.191 e. The normalized spacial score (nSPS) is 30.4. The molecular formula is C13H23N5O. The first-order chi connectivity index (χ1) is 9.26. The number of aromatic amines is 1. The summed E-state index contributed by atoms with van der Waals surface area (Å²) < 4.78 is 5.93. The molecule has 3 rings (SSSR count). The highest BCUT2D eigenvalue weighted by Gasteiger charge is 2.56. The first-order valence-electron chi connectivity index (χ1n) is 7.37. The number of rotatable bonds is 5. The minimum Gasteiger partial charge on any atom is -0.378 e. The van der Waals surface area contributed by atoms with Crippen molar-refractivity contribution in [3.8, 4) is 0 Å². The summed E-state index contributed by atoms with van der Waals surface area (Å²) in [6, 6.07) is 0.670. The van der Waals surface area contributed by atoms with Gasteiger partial charge in [-0.1, -0.05) is 18.1 Å². The number of hydrogen-bond acceptors (Lipinski definition) is 5. The Morgan fingerprint density at radius 1 is 1.47 bits per heavy atom. The molecule has 2 fully saturated rings. The summed E-state index contributed by atoms with van der Waals surface area (Å²) in [7, 11) is 0. The molecular weight excluding hydrogens is 242 g/mol. The molecule has 19 heavy (non-hydrogen) atoms. The van der Waals surface area contributed by atoms with Gasteiger partial charge in [0, 0.05) is 18.1 Å². The highest BCUT2D eigenvalue weighted by Crippen LogP contribution is 2.55. The molecule has 0 amide bonds. The monoisotopic (exact) mass is 265 g/mol. The second-order valence-corrected chi connectivity index (χ2v) is 5.83. The number of nitrogens with one attached hydrogen (secondary N) is 2. The Balaban J connectivity index is 1.65. The van der Waals surface area contributed by atoms with Gasteiger partial charge in [-0.15, -0.1) is 10.2 Å². The molecule has 0 saturated heterocycles. The van der Waals surface area contributed by atoms with Crippen LogP contribution >= 0.6 is 0 Å². The Kier molecular flexibility index (Phi) is 3.54. The average molecular weight is 265 g/mol. The second kappa shape index (κ2) is 5.17. The van der Waals surface area contributed by atoms with Crippen molar-refractivity contribution >= 4 is 0 Å². The van der Waals surface area contributed by atoms with E-state index in [9.17, 15) is 0 Å². The van der Waals surface area contributed by atoms with Crippen LogP contribution in [0.3, 0.4) is 0 Å². The number of hydrogen-bond donors (Lipinski definition) is 2. The Morgan fingerprint density at radius 3 is 2.89 bits per heavy atom. The van der Waals surface area contributed by atoms with Crippen molar-refractivity contribution in [2.24, 2.45) is 5.41 Å². The third-order valence-electron chi connectivity index (χ3n) is 4.89. The number of aromatic nitrogens is 4. The van der Waals surface area contributed by atoms with Gasteiger partial charge in [0.1, 0.15) is 0 Å². The molecule has 1 heterocycles. The van der Waals surface area contributed by atoms with E-state index in [0.717, 1.165) is 18.9 Å². The van der Waals surface area contributed by atoms with Gasteiger partial charge in [-0.05, 0) is 33.1 Å². The van der Waals surface area contributed by atoms with Gasteiger partial charge in [-0.2, -0.15) is 5.21 Å². The largest absolute Gasteiger partial charge is 0.378 e. The van der Waals surface area contributed by atoms with Crippen LogP contribution in [0, 0.1) is 5.41 Å². The van der Waals surface area contributed by atoms with E-state index in [0.29, 0.717) is 17.6 Å². The lowest BCUT2D eigenvalue weighted by atomic mass is 9.60. The smallest absolute Gasteiger partial charge is 0.191 e. The van der Waals surface area contributed by atoms with Crippen molar-refractivity contribution in [2.45, 2.75) is 64.1 Å². The van der Waals surface area contributed by atoms with Crippen molar-refractivity contribution in [3.63, 3.8) is 0 Å². The first-order valence-corrected chi connectivity index (χ1v) is 7.37. The molecule has 0 bridgehead atoms. The van der Waals surface area contributed by atoms with E-state index in [-0.39, 0.29) is 6.04 Å². The van der Waals surface area contributed by atoms with Crippen LogP contribution in [-0.2, 0) is 4.74 Å². The van der Waals surface area contributed by atoms with Crippen molar-refractivity contribution in [1.29, 1.82) is 0 Å². The summed E-state index contributed by atoms with van der Waals surface area (Å²) >= 11 is 0. The molecule has 0 aliphatic heterocycles. The van der Waals surface area contributed by atoms with Crippen molar-refractivity contribution in [1.82, 2.24) is 25.9 Å². The van der Waals surface area contributed by atoms with Crippen LogP contribution in [0.1, 0.15) is 57.8 Å². The standard InChI is InChI=1S/C13H23N5O/c1-3-19-11-8-10(13(11)6-4-5-7-13)14-9(2)12-15-17-18-16-12/h9-11,14H,3-8H2,1-2H3,(H,15,16,17,18). The summed E-state index contributed by atoms with van der Waals surface area (Å²) in [6.45, 7) is 5.01. The summed E-state index contributed by atoms with van der Waals surface area (Å²) in [5.74, 6) is 0.744. The highest BCUT2D eigenvalue weighted by molar-refractivity contribution is 5.11. The molecule has 6 nitrogen and oxygen atoms in total. The molecule has 0 aromatic carbocycles. The van der Waals surface area contributed by atoms with Crippen LogP contribution in [0.15, 0.2) is 0 Å². The molecule has 2 aliphatic rings. The molecule has 2 saturated carbocycles. The quantitative estimate of drug-likeness (QED) is 0.845. The fourth-order valence-electron chi connectivity index (χ4n) is 3.85. The van der Waals surface area contributed by atoms with E-state index in [1.165, 1.54) is 25.7 Å². The molecule has 1 spiro atoms. The molecule has 1 aromatic heterocycles. The predicted molar refractivity (Wildman–Crippen MR) is 70.4 cm³/mol. The molecule has 3 unspecified atom stereocenters. The Labute approximate surface area is 113 Å². The van der Waals surface area contributed by atoms with E-state index < -0.39 is 0 Å². The van der Waals surface area contributed by atoms with Gasteiger partial charge in [0.2, 0.25) is 0 Å². The maximum absolute atomic E-state index is 5.93. The maximum atomic E-state index is 5.93. The average Bonchev–Trinajstić information content (AvgIpc) is 3.09. The van der Waals surface area contributed by atoms with Crippen LogP contribution in [-0.4, -0.2) is 39.4 Å². The van der Waals surface area contributed by atoms with Gasteiger partial charge in [-0.25, -0.2) is 0 Å². The van der Waals surface area contributed by atoms with Crippen LogP contribution in [0.4, 0.5) is 0 Å². The van der Waals surface area contributed by atoms with E-state index in [2.05, 4.69) is 39.8 Å². The van der Waals surface area contributed by atoms with E-state index in [1.54, 1.807) is 0 Å². The topological polar surface area (TPSA) is 75.7 Å². The minimum atomic E-state index is 0.142. The predicted octanol–water partition coefficient (Wildman–Crippen LogP) is 1.59. The van der Waals surface area contributed by atoms with Gasteiger partial charge in [-0.3, -0.25) is 0 Å². The number of nitrogens with zero attached hydrogens (tertiary/aromatic N) is 3. The molecule has 2 aliphatic carbocycles. The molecule has 0 radical (unpaired) electrons. The lowest BCUT2D eigenvalue weighted by Crippen LogP contribution is -2.63. The van der Waals surface area contributed by atoms with Crippen molar-refractivity contribution in [3.05, 3.63) is 5.82 Å². The fourth-order valence-corrected chi connectivity index (χ4v) is 3.85. The van der Waals surface area contributed by atoms with E-state index in [4.69, 9.17) is 4.74 Å². The molecule has 6 heteroatoms. The lowest BCUT2D eigenvalue weighted by Gasteiger charge is -2.54. The van der Waals surface area contributed by atoms with Gasteiger partial charge in [0.15, 0.2) is 5.82 Å². The second-order valence-electron chi connectivity index (χ2n) is 5.83. The minimum absolute atomic E-state index is 0.142. The van der Waals surface area contributed by atoms with Crippen molar-refractivity contribution in [2.75, 3.05) is 6.61 Å². The number of tetrazole rings is 1. The summed E-state index contributed by atoms with van der Waals surface area (Å²) in [4.78, 5) is 0. The zero-order chi connectivity index (χ0) is 13.3. The summed E-state index contributed by atoms with van der Waals surface area (Å²) in [5, 5.41) is 17.9. The Hall–Kier alpha value is -1.01. The Morgan fingerprint density at radius 2 is 2.26 bits per heavy atom. The number of ether oxygens (including phenoxy) is 1.